The molecule has 65 heavy (non-hydrogen) atoms. The van der Waals surface area contributed by atoms with Gasteiger partial charge in [0.2, 0.25) is 0 Å². The van der Waals surface area contributed by atoms with Crippen molar-refractivity contribution in [2.45, 2.75) is 15.2 Å². The van der Waals surface area contributed by atoms with Gasteiger partial charge < -0.3 is 9.32 Å². The monoisotopic (exact) mass is 863 g/mol. The fourth-order valence-corrected chi connectivity index (χ4v) is 13.3. The van der Waals surface area contributed by atoms with Gasteiger partial charge in [0.05, 0.1) is 5.41 Å². The molecule has 0 atom stereocenters. The van der Waals surface area contributed by atoms with Crippen molar-refractivity contribution in [1.29, 1.82) is 0 Å². The van der Waals surface area contributed by atoms with Crippen molar-refractivity contribution in [3.63, 3.8) is 0 Å². The van der Waals surface area contributed by atoms with Crippen molar-refractivity contribution in [2.75, 3.05) is 4.90 Å². The van der Waals surface area contributed by atoms with Gasteiger partial charge in [0.15, 0.2) is 0 Å². The van der Waals surface area contributed by atoms with Gasteiger partial charge in [-0.3, -0.25) is 0 Å². The molecule has 1 spiro atoms. The minimum atomic E-state index is -0.442. The summed E-state index contributed by atoms with van der Waals surface area (Å²) in [5, 5.41) is 4.77. The van der Waals surface area contributed by atoms with Crippen molar-refractivity contribution in [2.24, 2.45) is 0 Å². The van der Waals surface area contributed by atoms with E-state index in [1.807, 2.05) is 29.2 Å². The Morgan fingerprint density at radius 2 is 0.954 bits per heavy atom. The molecule has 0 saturated carbocycles. The topological polar surface area (TPSA) is 16.4 Å². The molecular formula is C61H37NOS2. The molecule has 0 N–H and O–H groups in total. The maximum absolute atomic E-state index is 6.50. The normalized spacial score (nSPS) is 13.3. The molecule has 0 saturated heterocycles. The van der Waals surface area contributed by atoms with Crippen LogP contribution in [0, 0.1) is 0 Å². The van der Waals surface area contributed by atoms with Crippen LogP contribution in [0.25, 0.3) is 75.5 Å². The van der Waals surface area contributed by atoms with Crippen LogP contribution < -0.4 is 4.90 Å². The first kappa shape index (κ1) is 36.8. The number of rotatable bonds is 5. The number of anilines is 3. The second-order valence-corrected chi connectivity index (χ2v) is 19.3. The summed E-state index contributed by atoms with van der Waals surface area (Å²) in [6, 6.07) is 82.9. The molecule has 0 fully saturated rings. The van der Waals surface area contributed by atoms with Crippen LogP contribution >= 0.6 is 23.1 Å². The van der Waals surface area contributed by atoms with E-state index in [1.54, 1.807) is 0 Å². The summed E-state index contributed by atoms with van der Waals surface area (Å²) in [6.07, 6.45) is 0. The van der Waals surface area contributed by atoms with E-state index < -0.39 is 5.41 Å². The molecular weight excluding hydrogens is 827 g/mol. The Morgan fingerprint density at radius 1 is 0.354 bits per heavy atom. The van der Waals surface area contributed by atoms with Crippen LogP contribution in [0.4, 0.5) is 17.1 Å². The minimum absolute atomic E-state index is 0.442. The molecule has 0 bridgehead atoms. The molecule has 14 rings (SSSR count). The molecule has 1 aliphatic carbocycles. The van der Waals surface area contributed by atoms with Crippen molar-refractivity contribution < 1.29 is 4.42 Å². The molecule has 10 aromatic carbocycles. The van der Waals surface area contributed by atoms with E-state index in [4.69, 9.17) is 4.42 Å². The van der Waals surface area contributed by atoms with Crippen LogP contribution in [0.15, 0.2) is 239 Å². The average Bonchev–Trinajstić information content (AvgIpc) is 4.03. The van der Waals surface area contributed by atoms with Gasteiger partial charge in [0.1, 0.15) is 11.2 Å². The number of furan rings is 1. The quantitative estimate of drug-likeness (QED) is 0.172. The predicted molar refractivity (Wildman–Crippen MR) is 274 cm³/mol. The van der Waals surface area contributed by atoms with Gasteiger partial charge in [-0.1, -0.05) is 163 Å². The van der Waals surface area contributed by atoms with Gasteiger partial charge in [0.25, 0.3) is 0 Å². The van der Waals surface area contributed by atoms with Gasteiger partial charge >= 0.3 is 0 Å². The lowest BCUT2D eigenvalue weighted by Crippen LogP contribution is -2.31. The Balaban J connectivity index is 1.03. The third-order valence-electron chi connectivity index (χ3n) is 13.7. The SMILES string of the molecule is c1ccc(-c2ccc(N(c3ccc4c(c3)-c3ccccc3C43c4ccccc4Sc4ccccc43)c3cc(-c4ccc5c(c4)oc4ccccc45)c4sc5ccccc5c4c3)cc2)cc1. The fraction of sp³-hybridized carbons (Fsp3) is 0.0164. The highest BCUT2D eigenvalue weighted by atomic mass is 32.2. The summed E-state index contributed by atoms with van der Waals surface area (Å²) in [5.41, 5.74) is 17.2. The van der Waals surface area contributed by atoms with Crippen LogP contribution in [0.1, 0.15) is 22.3 Å². The molecule has 2 aliphatic rings. The first-order valence-corrected chi connectivity index (χ1v) is 23.8. The number of benzene rings is 10. The molecule has 1 aliphatic heterocycles. The van der Waals surface area contributed by atoms with Crippen molar-refractivity contribution >= 4 is 82.3 Å². The van der Waals surface area contributed by atoms with E-state index in [1.165, 1.54) is 80.0 Å². The second-order valence-electron chi connectivity index (χ2n) is 17.1. The van der Waals surface area contributed by atoms with Crippen LogP contribution in [0.5, 0.6) is 0 Å². The highest BCUT2D eigenvalue weighted by molar-refractivity contribution is 7.99. The smallest absolute Gasteiger partial charge is 0.136 e. The van der Waals surface area contributed by atoms with E-state index in [0.717, 1.165) is 44.6 Å². The molecule has 0 amide bonds. The predicted octanol–water partition coefficient (Wildman–Crippen LogP) is 17.6. The molecule has 2 nitrogen and oxygen atoms in total. The van der Waals surface area contributed by atoms with Crippen molar-refractivity contribution in [3.8, 4) is 33.4 Å². The van der Waals surface area contributed by atoms with E-state index in [2.05, 4.69) is 223 Å². The lowest BCUT2D eigenvalue weighted by Gasteiger charge is -2.39. The van der Waals surface area contributed by atoms with Gasteiger partial charge in [-0.05, 0) is 123 Å². The van der Waals surface area contributed by atoms with E-state index in [-0.39, 0.29) is 0 Å². The van der Waals surface area contributed by atoms with E-state index >= 15 is 0 Å². The van der Waals surface area contributed by atoms with Crippen LogP contribution in [-0.2, 0) is 5.41 Å². The molecule has 12 aromatic rings. The highest BCUT2D eigenvalue weighted by Crippen LogP contribution is 2.62. The summed E-state index contributed by atoms with van der Waals surface area (Å²) in [6.45, 7) is 0. The first-order chi connectivity index (χ1) is 32.2. The van der Waals surface area contributed by atoms with Crippen LogP contribution in [0.2, 0.25) is 0 Å². The lowest BCUT2D eigenvalue weighted by molar-refractivity contribution is 0.669. The minimum Gasteiger partial charge on any atom is -0.456 e. The van der Waals surface area contributed by atoms with Crippen molar-refractivity contribution in [3.05, 3.63) is 247 Å². The summed E-state index contributed by atoms with van der Waals surface area (Å²) in [4.78, 5) is 5.08. The van der Waals surface area contributed by atoms with Crippen molar-refractivity contribution in [1.82, 2.24) is 0 Å². The maximum atomic E-state index is 6.50. The number of nitrogens with zero attached hydrogens (tertiary/aromatic N) is 1. The number of hydrogen-bond acceptors (Lipinski definition) is 4. The first-order valence-electron chi connectivity index (χ1n) is 22.1. The van der Waals surface area contributed by atoms with Crippen LogP contribution in [-0.4, -0.2) is 0 Å². The Kier molecular flexibility index (Phi) is 8.04. The number of para-hydroxylation sites is 1. The standard InChI is InChI=1S/C61H37NOS2/c1-2-14-38(15-3-1)39-26-29-41(30-27-39)62(42-31-33-52-49(35-42)44-16-4-7-19-51(44)61(52)53-20-8-12-24-58(53)64-59-25-13-9-21-54(59)61)43-36-48(60-50(37-43)47-18-6-11-23-57(47)65-60)40-28-32-46-45-17-5-10-22-55(45)63-56(46)34-40/h1-37H. The third kappa shape index (κ3) is 5.42. The average molecular weight is 864 g/mol. The Labute approximate surface area is 384 Å². The molecule has 2 aromatic heterocycles. The van der Waals surface area contributed by atoms with E-state index in [9.17, 15) is 0 Å². The second kappa shape index (κ2) is 14.2. The molecule has 304 valence electrons. The number of fused-ring (bicyclic) bond motifs is 15. The Bertz CT molecular complexity index is 3830. The summed E-state index contributed by atoms with van der Waals surface area (Å²) >= 11 is 3.75. The molecule has 0 radical (unpaired) electrons. The molecule has 0 unspecified atom stereocenters. The zero-order chi connectivity index (χ0) is 42.6. The molecule has 3 heterocycles. The van der Waals surface area contributed by atoms with Gasteiger partial charge in [-0.15, -0.1) is 11.3 Å². The Morgan fingerprint density at radius 3 is 1.77 bits per heavy atom. The van der Waals surface area contributed by atoms with Gasteiger partial charge in [-0.25, -0.2) is 0 Å². The van der Waals surface area contributed by atoms with Gasteiger partial charge in [0, 0.05) is 63.4 Å². The van der Waals surface area contributed by atoms with Crippen LogP contribution in [0.3, 0.4) is 0 Å². The summed E-state index contributed by atoms with van der Waals surface area (Å²) in [5.74, 6) is 0. The summed E-state index contributed by atoms with van der Waals surface area (Å²) < 4.78 is 9.04. The zero-order valence-electron chi connectivity index (χ0n) is 35.0. The third-order valence-corrected chi connectivity index (χ3v) is 16.1. The zero-order valence-corrected chi connectivity index (χ0v) is 36.7. The number of hydrogen-bond donors (Lipinski definition) is 0. The van der Waals surface area contributed by atoms with Gasteiger partial charge in [-0.2, -0.15) is 0 Å². The fourth-order valence-electron chi connectivity index (χ4n) is 10.9. The van der Waals surface area contributed by atoms with E-state index in [0.29, 0.717) is 0 Å². The Hall–Kier alpha value is -7.63. The molecule has 4 heteroatoms. The lowest BCUT2D eigenvalue weighted by atomic mass is 9.67. The number of thiophene rings is 1. The largest absolute Gasteiger partial charge is 0.456 e. The summed E-state index contributed by atoms with van der Waals surface area (Å²) in [7, 11) is 0. The maximum Gasteiger partial charge on any atom is 0.136 e. The highest BCUT2D eigenvalue weighted by Gasteiger charge is 2.50.